The molecular formula is C26H27F3N10O. The number of hydrogen-bond acceptors (Lipinski definition) is 9. The molecule has 0 aliphatic carbocycles. The number of alkyl halides is 3. The first kappa shape index (κ1) is 27.0. The molecule has 0 atom stereocenters. The Morgan fingerprint density at radius 1 is 1.00 bits per heavy atom. The molecule has 3 heterocycles. The van der Waals surface area contributed by atoms with E-state index >= 15 is 0 Å². The Balaban J connectivity index is 1.51. The molecule has 1 amide bonds. The highest BCUT2D eigenvalue weighted by molar-refractivity contribution is 6.04. The molecule has 0 bridgehead atoms. The number of aromatic nitrogens is 5. The molecule has 1 aliphatic heterocycles. The van der Waals surface area contributed by atoms with Gasteiger partial charge in [0.05, 0.1) is 11.3 Å². The Hall–Kier alpha value is -4.56. The maximum atomic E-state index is 13.5. The number of nitrogens with one attached hydrogen (secondary N) is 2. The van der Waals surface area contributed by atoms with E-state index in [-0.39, 0.29) is 22.6 Å². The second-order valence-corrected chi connectivity index (χ2v) is 9.41. The topological polar surface area (TPSA) is 130 Å². The van der Waals surface area contributed by atoms with Gasteiger partial charge in [0.1, 0.15) is 18.5 Å². The third-order valence-corrected chi connectivity index (χ3v) is 6.59. The minimum absolute atomic E-state index is 0.0548. The first-order valence-electron chi connectivity index (χ1n) is 12.4. The molecule has 1 aliphatic rings. The number of hydrogen-bond donors (Lipinski definition) is 3. The summed E-state index contributed by atoms with van der Waals surface area (Å²) in [6.07, 6.45) is -1.86. The molecule has 0 radical (unpaired) electrons. The number of halogens is 3. The molecular weight excluding hydrogens is 525 g/mol. The van der Waals surface area contributed by atoms with Crippen LogP contribution < -0.4 is 16.5 Å². The standard InChI is InChI=1S/C26H27F3N10O/c1-16-6-7-19(24(30)40)22(17-4-3-5-18(12-17)26(27,28)29)23(16)35-25-33-15-34-39(25)21-13-20(31-14-32-21)36-38-10-8-37(2)9-11-38/h3-7,12-15H,8-11H2,1-2H3,(H2,30,40)(H,31,32,36)(H,33,34,35). The van der Waals surface area contributed by atoms with E-state index in [1.54, 1.807) is 19.1 Å². The zero-order valence-corrected chi connectivity index (χ0v) is 21.8. The van der Waals surface area contributed by atoms with Crippen molar-refractivity contribution in [2.24, 2.45) is 5.73 Å². The van der Waals surface area contributed by atoms with Gasteiger partial charge in [-0.05, 0) is 43.3 Å². The highest BCUT2D eigenvalue weighted by Gasteiger charge is 2.31. The van der Waals surface area contributed by atoms with Gasteiger partial charge in [-0.25, -0.2) is 15.0 Å². The van der Waals surface area contributed by atoms with Crippen LogP contribution in [0.2, 0.25) is 0 Å². The van der Waals surface area contributed by atoms with Gasteiger partial charge in [-0.1, -0.05) is 18.2 Å². The van der Waals surface area contributed by atoms with E-state index < -0.39 is 17.6 Å². The molecule has 0 unspecified atom stereocenters. The predicted octanol–water partition coefficient (Wildman–Crippen LogP) is 3.47. The molecule has 4 aromatic rings. The molecule has 2 aromatic heterocycles. The van der Waals surface area contributed by atoms with Crippen LogP contribution in [0.25, 0.3) is 16.9 Å². The molecule has 40 heavy (non-hydrogen) atoms. The molecule has 14 heteroatoms. The number of nitrogens with two attached hydrogens (primary N) is 1. The number of amides is 1. The normalized spacial score (nSPS) is 14.7. The SMILES string of the molecule is Cc1ccc(C(N)=O)c(-c2cccc(C(F)(F)F)c2)c1Nc1ncnn1-c1cc(NN2CCN(C)CC2)ncn1. The summed E-state index contributed by atoms with van der Waals surface area (Å²) in [7, 11) is 2.07. The van der Waals surface area contributed by atoms with Crippen LogP contribution in [0.3, 0.4) is 0 Å². The van der Waals surface area contributed by atoms with Crippen molar-refractivity contribution in [1.82, 2.24) is 34.6 Å². The van der Waals surface area contributed by atoms with E-state index in [1.807, 2.05) is 0 Å². The largest absolute Gasteiger partial charge is 0.416 e. The molecule has 0 spiro atoms. The fraction of sp³-hybridized carbons (Fsp3) is 0.269. The summed E-state index contributed by atoms with van der Waals surface area (Å²) in [5, 5.41) is 9.49. The van der Waals surface area contributed by atoms with Gasteiger partial charge in [-0.2, -0.15) is 27.9 Å². The van der Waals surface area contributed by atoms with Crippen molar-refractivity contribution in [3.63, 3.8) is 0 Å². The van der Waals surface area contributed by atoms with E-state index in [9.17, 15) is 18.0 Å². The van der Waals surface area contributed by atoms with Crippen LogP contribution >= 0.6 is 0 Å². The number of likely N-dealkylation sites (N-methyl/N-ethyl adjacent to an activating group) is 1. The lowest BCUT2D eigenvalue weighted by Gasteiger charge is -2.32. The van der Waals surface area contributed by atoms with Crippen molar-refractivity contribution in [3.05, 3.63) is 71.8 Å². The fourth-order valence-electron chi connectivity index (χ4n) is 4.43. The van der Waals surface area contributed by atoms with Crippen molar-refractivity contribution < 1.29 is 18.0 Å². The van der Waals surface area contributed by atoms with Gasteiger partial charge in [0.15, 0.2) is 5.82 Å². The zero-order chi connectivity index (χ0) is 28.4. The van der Waals surface area contributed by atoms with Crippen LogP contribution in [0.5, 0.6) is 0 Å². The minimum Gasteiger partial charge on any atom is -0.366 e. The summed E-state index contributed by atoms with van der Waals surface area (Å²) in [5.41, 5.74) is 9.51. The van der Waals surface area contributed by atoms with Crippen LogP contribution in [0.1, 0.15) is 21.5 Å². The second kappa shape index (κ2) is 10.9. The maximum absolute atomic E-state index is 13.5. The van der Waals surface area contributed by atoms with E-state index in [0.717, 1.165) is 38.3 Å². The number of carbonyl (C=O) groups excluding carboxylic acids is 1. The smallest absolute Gasteiger partial charge is 0.366 e. The molecule has 1 fully saturated rings. The minimum atomic E-state index is -4.57. The summed E-state index contributed by atoms with van der Waals surface area (Å²) in [6.45, 7) is 5.23. The van der Waals surface area contributed by atoms with Crippen molar-refractivity contribution in [3.8, 4) is 16.9 Å². The van der Waals surface area contributed by atoms with Crippen molar-refractivity contribution in [2.75, 3.05) is 44.0 Å². The molecule has 2 aromatic carbocycles. The summed E-state index contributed by atoms with van der Waals surface area (Å²) < 4.78 is 42.0. The van der Waals surface area contributed by atoms with Crippen LogP contribution in [0, 0.1) is 6.92 Å². The molecule has 4 N–H and O–H groups in total. The highest BCUT2D eigenvalue weighted by atomic mass is 19.4. The predicted molar refractivity (Wildman–Crippen MR) is 143 cm³/mol. The second-order valence-electron chi connectivity index (χ2n) is 9.41. The number of anilines is 3. The lowest BCUT2D eigenvalue weighted by molar-refractivity contribution is -0.137. The van der Waals surface area contributed by atoms with Gasteiger partial charge in [0.2, 0.25) is 11.9 Å². The monoisotopic (exact) mass is 552 g/mol. The Morgan fingerprint density at radius 3 is 2.50 bits per heavy atom. The van der Waals surface area contributed by atoms with E-state index in [2.05, 4.69) is 47.7 Å². The number of hydrazine groups is 1. The Bertz CT molecular complexity index is 1530. The van der Waals surface area contributed by atoms with Gasteiger partial charge < -0.3 is 21.4 Å². The molecule has 11 nitrogen and oxygen atoms in total. The Labute approximate surface area is 227 Å². The summed E-state index contributed by atoms with van der Waals surface area (Å²) in [5.74, 6) is 0.401. The molecule has 1 saturated heterocycles. The summed E-state index contributed by atoms with van der Waals surface area (Å²) in [4.78, 5) is 27.5. The lowest BCUT2D eigenvalue weighted by Crippen LogP contribution is -2.47. The quantitative estimate of drug-likeness (QED) is 0.316. The first-order chi connectivity index (χ1) is 19.1. The average molecular weight is 553 g/mol. The Kier molecular flexibility index (Phi) is 7.36. The lowest BCUT2D eigenvalue weighted by atomic mass is 9.93. The van der Waals surface area contributed by atoms with Crippen molar-refractivity contribution in [1.29, 1.82) is 0 Å². The Morgan fingerprint density at radius 2 is 1.77 bits per heavy atom. The van der Waals surface area contributed by atoms with Crippen molar-refractivity contribution in [2.45, 2.75) is 13.1 Å². The third-order valence-electron chi connectivity index (χ3n) is 6.59. The fourth-order valence-corrected chi connectivity index (χ4v) is 4.43. The average Bonchev–Trinajstić information content (AvgIpc) is 3.39. The van der Waals surface area contributed by atoms with E-state index in [4.69, 9.17) is 5.73 Å². The van der Waals surface area contributed by atoms with Crippen LogP contribution in [0.15, 0.2) is 55.1 Å². The van der Waals surface area contributed by atoms with Gasteiger partial charge in [0.25, 0.3) is 0 Å². The third kappa shape index (κ3) is 5.72. The number of nitrogens with zero attached hydrogens (tertiary/aromatic N) is 7. The van der Waals surface area contributed by atoms with Crippen LogP contribution in [-0.2, 0) is 6.18 Å². The number of rotatable bonds is 7. The first-order valence-corrected chi connectivity index (χ1v) is 12.4. The summed E-state index contributed by atoms with van der Waals surface area (Å²) in [6, 6.07) is 9.58. The van der Waals surface area contributed by atoms with Crippen LogP contribution in [-0.4, -0.2) is 73.8 Å². The van der Waals surface area contributed by atoms with Gasteiger partial charge in [0, 0.05) is 43.4 Å². The van der Waals surface area contributed by atoms with Gasteiger partial charge >= 0.3 is 6.18 Å². The number of benzene rings is 2. The number of aryl methyl sites for hydroxylation is 1. The molecule has 5 rings (SSSR count). The highest BCUT2D eigenvalue weighted by Crippen LogP contribution is 2.39. The maximum Gasteiger partial charge on any atom is 0.416 e. The van der Waals surface area contributed by atoms with E-state index in [1.165, 1.54) is 35.5 Å². The summed E-state index contributed by atoms with van der Waals surface area (Å²) >= 11 is 0. The number of carbonyl (C=O) groups is 1. The number of primary amides is 1. The van der Waals surface area contributed by atoms with E-state index in [0.29, 0.717) is 22.9 Å². The van der Waals surface area contributed by atoms with Gasteiger partial charge in [-0.3, -0.25) is 4.79 Å². The van der Waals surface area contributed by atoms with Crippen molar-refractivity contribution >= 4 is 23.4 Å². The number of piperazine rings is 1. The van der Waals surface area contributed by atoms with Crippen LogP contribution in [0.4, 0.5) is 30.6 Å². The van der Waals surface area contributed by atoms with Gasteiger partial charge in [-0.15, -0.1) is 0 Å². The zero-order valence-electron chi connectivity index (χ0n) is 21.8. The molecule has 0 saturated carbocycles. The molecule has 208 valence electrons.